The van der Waals surface area contributed by atoms with Gasteiger partial charge >= 0.3 is 5.97 Å². The monoisotopic (exact) mass is 498 g/mol. The van der Waals surface area contributed by atoms with Crippen molar-refractivity contribution in [2.24, 2.45) is 0 Å². The molecule has 2 heterocycles. The number of hydrogen-bond acceptors (Lipinski definition) is 7. The predicted molar refractivity (Wildman–Crippen MR) is 134 cm³/mol. The molecule has 0 aliphatic carbocycles. The second-order valence-corrected chi connectivity index (χ2v) is 9.22. The van der Waals surface area contributed by atoms with Gasteiger partial charge in [0.1, 0.15) is 11.8 Å². The van der Waals surface area contributed by atoms with Gasteiger partial charge in [0.25, 0.3) is 0 Å². The lowest BCUT2D eigenvalue weighted by Gasteiger charge is -2.28. The number of nitrogens with zero attached hydrogens (tertiary/aromatic N) is 3. The molecule has 1 aromatic heterocycles. The lowest BCUT2D eigenvalue weighted by atomic mass is 9.96. The number of hydrogen-bond donors (Lipinski definition) is 1. The van der Waals surface area contributed by atoms with Crippen LogP contribution >= 0.6 is 23.4 Å². The molecule has 0 saturated heterocycles. The molecule has 2 aromatic carbocycles. The van der Waals surface area contributed by atoms with Gasteiger partial charge in [-0.1, -0.05) is 67.0 Å². The topological polar surface area (TPSA) is 78.3 Å². The molecule has 0 bridgehead atoms. The molecule has 3 aromatic rings. The lowest BCUT2D eigenvalue weighted by molar-refractivity contribution is -0.139. The van der Waals surface area contributed by atoms with Gasteiger partial charge in [0, 0.05) is 16.5 Å². The molecule has 34 heavy (non-hydrogen) atoms. The van der Waals surface area contributed by atoms with Crippen LogP contribution in [0.1, 0.15) is 43.9 Å². The average Bonchev–Trinajstić information content (AvgIpc) is 3.25. The van der Waals surface area contributed by atoms with Gasteiger partial charge in [-0.2, -0.15) is 4.98 Å². The van der Waals surface area contributed by atoms with E-state index in [9.17, 15) is 4.79 Å². The van der Waals surface area contributed by atoms with Gasteiger partial charge < -0.3 is 14.8 Å². The van der Waals surface area contributed by atoms with Gasteiger partial charge in [-0.3, -0.25) is 0 Å². The molecule has 9 heteroatoms. The number of ether oxygens (including phenoxy) is 2. The molecule has 0 saturated carbocycles. The number of esters is 1. The Balaban J connectivity index is 1.66. The summed E-state index contributed by atoms with van der Waals surface area (Å²) in [5.41, 5.74) is 3.11. The molecule has 1 N–H and O–H groups in total. The number of carbonyl (C=O) groups is 1. The Hall–Kier alpha value is -2.97. The normalized spacial score (nSPS) is 15.0. The van der Waals surface area contributed by atoms with E-state index in [4.69, 9.17) is 26.2 Å². The van der Waals surface area contributed by atoms with Crippen LogP contribution in [0.2, 0.25) is 5.02 Å². The third-order valence-electron chi connectivity index (χ3n) is 5.53. The first-order valence-corrected chi connectivity index (χ1v) is 12.5. The van der Waals surface area contributed by atoms with Gasteiger partial charge in [-0.25, -0.2) is 9.48 Å². The zero-order valence-corrected chi connectivity index (χ0v) is 20.9. The number of allylic oxidation sites excluding steroid dienone is 1. The van der Waals surface area contributed by atoms with Crippen LogP contribution in [0.25, 0.3) is 0 Å². The highest BCUT2D eigenvalue weighted by Crippen LogP contribution is 2.37. The van der Waals surface area contributed by atoms with E-state index in [1.165, 1.54) is 11.8 Å². The standard InChI is InChI=1S/C25H27ClN4O3S/c1-4-5-14-33-23(31)21-16(2)27-24-28-25(34-15-18-8-6-7-9-20(18)26)29-30(24)22(21)17-10-12-19(32-3)13-11-17/h6-13,22H,4-5,14-15H2,1-3H3,(H,27,28,29). The van der Waals surface area contributed by atoms with Crippen molar-refractivity contribution in [3.05, 3.63) is 76.0 Å². The highest BCUT2D eigenvalue weighted by Gasteiger charge is 2.35. The van der Waals surface area contributed by atoms with Crippen LogP contribution in [-0.2, 0) is 15.3 Å². The second kappa shape index (κ2) is 11.0. The van der Waals surface area contributed by atoms with Crippen molar-refractivity contribution in [2.45, 2.75) is 43.6 Å². The Labute approximate surface area is 208 Å². The van der Waals surface area contributed by atoms with Crippen molar-refractivity contribution in [3.63, 3.8) is 0 Å². The van der Waals surface area contributed by atoms with Crippen molar-refractivity contribution in [1.82, 2.24) is 14.8 Å². The number of halogens is 1. The fourth-order valence-electron chi connectivity index (χ4n) is 3.70. The molecule has 4 rings (SSSR count). The smallest absolute Gasteiger partial charge is 0.338 e. The van der Waals surface area contributed by atoms with Crippen molar-refractivity contribution >= 4 is 35.3 Å². The maximum absolute atomic E-state index is 13.1. The largest absolute Gasteiger partial charge is 0.497 e. The number of benzene rings is 2. The summed E-state index contributed by atoms with van der Waals surface area (Å²) >= 11 is 7.79. The predicted octanol–water partition coefficient (Wildman–Crippen LogP) is 5.86. The molecule has 1 aliphatic heterocycles. The van der Waals surface area contributed by atoms with Gasteiger partial charge in [0.2, 0.25) is 11.1 Å². The maximum atomic E-state index is 13.1. The number of aromatic nitrogens is 3. The van der Waals surface area contributed by atoms with Crippen molar-refractivity contribution < 1.29 is 14.3 Å². The molecule has 178 valence electrons. The molecule has 0 radical (unpaired) electrons. The first-order chi connectivity index (χ1) is 16.5. The summed E-state index contributed by atoms with van der Waals surface area (Å²) in [7, 11) is 1.62. The molecule has 0 fully saturated rings. The maximum Gasteiger partial charge on any atom is 0.338 e. The Kier molecular flexibility index (Phi) is 7.80. The third-order valence-corrected chi connectivity index (χ3v) is 6.79. The van der Waals surface area contributed by atoms with Gasteiger partial charge in [0.05, 0.1) is 19.3 Å². The van der Waals surface area contributed by atoms with Crippen LogP contribution in [0.15, 0.2) is 65.0 Å². The lowest BCUT2D eigenvalue weighted by Crippen LogP contribution is -2.29. The van der Waals surface area contributed by atoms with Crippen LogP contribution in [0, 0.1) is 0 Å². The van der Waals surface area contributed by atoms with E-state index in [0.717, 1.165) is 29.7 Å². The molecular formula is C25H27ClN4O3S. The number of methoxy groups -OCH3 is 1. The number of unbranched alkanes of at least 4 members (excludes halogenated alkanes) is 1. The number of thioether (sulfide) groups is 1. The summed E-state index contributed by atoms with van der Waals surface area (Å²) in [6.07, 6.45) is 1.76. The molecular weight excluding hydrogens is 472 g/mol. The molecule has 1 aliphatic rings. The fourth-order valence-corrected chi connectivity index (χ4v) is 4.81. The highest BCUT2D eigenvalue weighted by molar-refractivity contribution is 7.98. The van der Waals surface area contributed by atoms with Crippen LogP contribution in [0.5, 0.6) is 5.75 Å². The third kappa shape index (κ3) is 5.23. The van der Waals surface area contributed by atoms with Gasteiger partial charge in [0.15, 0.2) is 0 Å². The summed E-state index contributed by atoms with van der Waals surface area (Å²) in [4.78, 5) is 17.8. The van der Waals surface area contributed by atoms with E-state index in [1.807, 2.05) is 55.5 Å². The Morgan fingerprint density at radius 2 is 1.97 bits per heavy atom. The Morgan fingerprint density at radius 3 is 2.68 bits per heavy atom. The molecule has 1 atom stereocenters. The van der Waals surface area contributed by atoms with E-state index < -0.39 is 6.04 Å². The summed E-state index contributed by atoms with van der Waals surface area (Å²) in [5.74, 6) is 1.59. The van der Waals surface area contributed by atoms with Crippen molar-refractivity contribution in [3.8, 4) is 5.75 Å². The minimum absolute atomic E-state index is 0.356. The average molecular weight is 499 g/mol. The summed E-state index contributed by atoms with van der Waals surface area (Å²) < 4.78 is 12.6. The van der Waals surface area contributed by atoms with E-state index in [0.29, 0.717) is 39.8 Å². The minimum atomic E-state index is -0.474. The molecule has 7 nitrogen and oxygen atoms in total. The van der Waals surface area contributed by atoms with E-state index in [1.54, 1.807) is 11.8 Å². The first-order valence-electron chi connectivity index (χ1n) is 11.1. The zero-order valence-electron chi connectivity index (χ0n) is 19.4. The fraction of sp³-hybridized carbons (Fsp3) is 0.320. The van der Waals surface area contributed by atoms with Gasteiger partial charge in [-0.05, 0) is 42.7 Å². The summed E-state index contributed by atoms with van der Waals surface area (Å²) in [6, 6.07) is 14.9. The second-order valence-electron chi connectivity index (χ2n) is 7.87. The highest BCUT2D eigenvalue weighted by atomic mass is 35.5. The number of fused-ring (bicyclic) bond motifs is 1. The summed E-state index contributed by atoms with van der Waals surface area (Å²) in [5, 5.41) is 9.29. The number of rotatable bonds is 9. The van der Waals surface area contributed by atoms with E-state index in [-0.39, 0.29) is 5.97 Å². The SMILES string of the molecule is CCCCOC(=O)C1=C(C)Nc2nc(SCc3ccccc3Cl)nn2C1c1ccc(OC)cc1. The number of nitrogens with one attached hydrogen (secondary N) is 1. The van der Waals surface area contributed by atoms with Crippen LogP contribution in [0.3, 0.4) is 0 Å². The van der Waals surface area contributed by atoms with Crippen molar-refractivity contribution in [2.75, 3.05) is 19.0 Å². The van der Waals surface area contributed by atoms with Crippen LogP contribution in [0.4, 0.5) is 5.95 Å². The van der Waals surface area contributed by atoms with Crippen LogP contribution in [-0.4, -0.2) is 34.5 Å². The van der Waals surface area contributed by atoms with E-state index in [2.05, 4.69) is 17.2 Å². The van der Waals surface area contributed by atoms with E-state index >= 15 is 0 Å². The number of anilines is 1. The quantitative estimate of drug-likeness (QED) is 0.225. The molecule has 1 unspecified atom stereocenters. The van der Waals surface area contributed by atoms with Gasteiger partial charge in [-0.15, -0.1) is 5.10 Å². The first kappa shape index (κ1) is 24.2. The molecule has 0 amide bonds. The molecule has 0 spiro atoms. The Morgan fingerprint density at radius 1 is 1.21 bits per heavy atom. The minimum Gasteiger partial charge on any atom is -0.497 e. The number of carbonyl (C=O) groups excluding carboxylic acids is 1. The van der Waals surface area contributed by atoms with Crippen LogP contribution < -0.4 is 10.1 Å². The Bertz CT molecular complexity index is 1190. The summed E-state index contributed by atoms with van der Waals surface area (Å²) in [6.45, 7) is 4.30. The zero-order chi connectivity index (χ0) is 24.1. The van der Waals surface area contributed by atoms with Crippen molar-refractivity contribution in [1.29, 1.82) is 0 Å².